The molecule has 0 aromatic carbocycles. The van der Waals surface area contributed by atoms with Crippen molar-refractivity contribution in [3.05, 3.63) is 27.8 Å². The molecule has 0 atom stereocenters. The normalized spacial score (nSPS) is 10.7. The molecule has 0 aliphatic heterocycles. The Morgan fingerprint density at radius 2 is 2.08 bits per heavy atom. The summed E-state index contributed by atoms with van der Waals surface area (Å²) in [5.41, 5.74) is 0.198. The first-order valence-corrected chi connectivity index (χ1v) is 3.86. The van der Waals surface area contributed by atoms with Crippen LogP contribution in [0.1, 0.15) is 31.1 Å². The molecule has 1 N–H and O–H groups in total. The SMILES string of the molecule is Cc1oc(=O)cc(O)c1C(C)C. The molecule has 0 unspecified atom stereocenters. The summed E-state index contributed by atoms with van der Waals surface area (Å²) in [6.07, 6.45) is 0. The molecule has 0 bridgehead atoms. The van der Waals surface area contributed by atoms with Gasteiger partial charge in [-0.05, 0) is 12.8 Å². The van der Waals surface area contributed by atoms with Crippen LogP contribution in [0.25, 0.3) is 0 Å². The maximum atomic E-state index is 10.8. The Hall–Kier alpha value is -1.25. The van der Waals surface area contributed by atoms with Crippen molar-refractivity contribution in [1.82, 2.24) is 0 Å². The van der Waals surface area contributed by atoms with Gasteiger partial charge >= 0.3 is 5.63 Å². The lowest BCUT2D eigenvalue weighted by atomic mass is 10.0. The van der Waals surface area contributed by atoms with Gasteiger partial charge < -0.3 is 9.52 Å². The van der Waals surface area contributed by atoms with Crippen molar-refractivity contribution < 1.29 is 9.52 Å². The lowest BCUT2D eigenvalue weighted by Crippen LogP contribution is -2.02. The highest BCUT2D eigenvalue weighted by Crippen LogP contribution is 2.26. The van der Waals surface area contributed by atoms with Crippen LogP contribution in [0.4, 0.5) is 0 Å². The van der Waals surface area contributed by atoms with Crippen LogP contribution < -0.4 is 5.63 Å². The molecule has 1 aromatic rings. The van der Waals surface area contributed by atoms with E-state index in [-0.39, 0.29) is 11.7 Å². The van der Waals surface area contributed by atoms with E-state index in [9.17, 15) is 9.90 Å². The summed E-state index contributed by atoms with van der Waals surface area (Å²) in [6, 6.07) is 1.10. The van der Waals surface area contributed by atoms with Crippen LogP contribution in [-0.2, 0) is 0 Å². The van der Waals surface area contributed by atoms with Crippen molar-refractivity contribution in [2.45, 2.75) is 26.7 Å². The summed E-state index contributed by atoms with van der Waals surface area (Å²) in [5.74, 6) is 0.683. The molecule has 0 amide bonds. The number of hydrogen-bond donors (Lipinski definition) is 1. The maximum absolute atomic E-state index is 10.8. The molecule has 3 nitrogen and oxygen atoms in total. The molecule has 1 rings (SSSR count). The van der Waals surface area contributed by atoms with Crippen LogP contribution in [0.5, 0.6) is 5.75 Å². The smallest absolute Gasteiger partial charge is 0.339 e. The second-order valence-corrected chi connectivity index (χ2v) is 3.08. The van der Waals surface area contributed by atoms with Gasteiger partial charge in [-0.2, -0.15) is 0 Å². The highest BCUT2D eigenvalue weighted by Gasteiger charge is 2.11. The van der Waals surface area contributed by atoms with E-state index in [1.54, 1.807) is 6.92 Å². The fourth-order valence-corrected chi connectivity index (χ4v) is 1.31. The van der Waals surface area contributed by atoms with E-state index in [4.69, 9.17) is 4.42 Å². The quantitative estimate of drug-likeness (QED) is 0.695. The summed E-state index contributed by atoms with van der Waals surface area (Å²) in [7, 11) is 0. The zero-order chi connectivity index (χ0) is 9.30. The van der Waals surface area contributed by atoms with E-state index < -0.39 is 5.63 Å². The monoisotopic (exact) mass is 168 g/mol. The third kappa shape index (κ3) is 1.49. The van der Waals surface area contributed by atoms with Gasteiger partial charge in [0, 0.05) is 5.56 Å². The minimum absolute atomic E-state index is 0.0266. The number of hydrogen-bond acceptors (Lipinski definition) is 3. The second-order valence-electron chi connectivity index (χ2n) is 3.08. The van der Waals surface area contributed by atoms with Crippen molar-refractivity contribution in [2.75, 3.05) is 0 Å². The van der Waals surface area contributed by atoms with Gasteiger partial charge in [0.15, 0.2) is 0 Å². The molecule has 1 aromatic heterocycles. The fraction of sp³-hybridized carbons (Fsp3) is 0.444. The Morgan fingerprint density at radius 1 is 1.50 bits per heavy atom. The third-order valence-electron chi connectivity index (χ3n) is 1.74. The first-order chi connectivity index (χ1) is 5.52. The topological polar surface area (TPSA) is 50.4 Å². The Bertz CT molecular complexity index is 310. The van der Waals surface area contributed by atoms with Gasteiger partial charge in [0.25, 0.3) is 0 Å². The van der Waals surface area contributed by atoms with Crippen molar-refractivity contribution in [3.8, 4) is 5.75 Å². The van der Waals surface area contributed by atoms with Crippen molar-refractivity contribution >= 4 is 0 Å². The molecule has 0 saturated heterocycles. The van der Waals surface area contributed by atoms with Crippen LogP contribution in [0, 0.1) is 6.92 Å². The molecule has 12 heavy (non-hydrogen) atoms. The van der Waals surface area contributed by atoms with Gasteiger partial charge in [-0.25, -0.2) is 4.79 Å². The average molecular weight is 168 g/mol. The molecule has 0 aliphatic rings. The van der Waals surface area contributed by atoms with E-state index in [1.807, 2.05) is 13.8 Å². The first-order valence-electron chi connectivity index (χ1n) is 3.86. The molecule has 0 radical (unpaired) electrons. The molecule has 66 valence electrons. The summed E-state index contributed by atoms with van der Waals surface area (Å²) < 4.78 is 4.83. The Balaban J connectivity index is 3.38. The largest absolute Gasteiger partial charge is 0.507 e. The van der Waals surface area contributed by atoms with Gasteiger partial charge in [0.05, 0.1) is 6.07 Å². The molecule has 1 heterocycles. The van der Waals surface area contributed by atoms with Crippen molar-refractivity contribution in [1.29, 1.82) is 0 Å². The summed E-state index contributed by atoms with van der Waals surface area (Å²) in [5, 5.41) is 9.38. The van der Waals surface area contributed by atoms with Crippen LogP contribution in [-0.4, -0.2) is 5.11 Å². The van der Waals surface area contributed by atoms with E-state index in [0.717, 1.165) is 6.07 Å². The highest BCUT2D eigenvalue weighted by molar-refractivity contribution is 5.34. The zero-order valence-electron chi connectivity index (χ0n) is 7.42. The van der Waals surface area contributed by atoms with Crippen LogP contribution in [0.3, 0.4) is 0 Å². The maximum Gasteiger partial charge on any atom is 0.339 e. The van der Waals surface area contributed by atoms with Gasteiger partial charge in [0.2, 0.25) is 0 Å². The molecule has 3 heteroatoms. The zero-order valence-corrected chi connectivity index (χ0v) is 7.42. The summed E-state index contributed by atoms with van der Waals surface area (Å²) in [6.45, 7) is 5.54. The molecule has 0 saturated carbocycles. The highest BCUT2D eigenvalue weighted by atomic mass is 16.4. The Labute approximate surface area is 70.7 Å². The Kier molecular flexibility index (Phi) is 2.22. The number of rotatable bonds is 1. The van der Waals surface area contributed by atoms with Crippen LogP contribution >= 0.6 is 0 Å². The van der Waals surface area contributed by atoms with Crippen molar-refractivity contribution in [3.63, 3.8) is 0 Å². The standard InChI is InChI=1S/C9H12O3/c1-5(2)9-6(3)12-8(11)4-7(9)10/h4-5,10H,1-3H3. The number of aryl methyl sites for hydroxylation is 1. The van der Waals surface area contributed by atoms with Crippen molar-refractivity contribution in [2.24, 2.45) is 0 Å². The Morgan fingerprint density at radius 3 is 2.50 bits per heavy atom. The molecule has 0 spiro atoms. The van der Waals surface area contributed by atoms with Gasteiger partial charge in [-0.15, -0.1) is 0 Å². The third-order valence-corrected chi connectivity index (χ3v) is 1.74. The fourth-order valence-electron chi connectivity index (χ4n) is 1.31. The van der Waals surface area contributed by atoms with Crippen LogP contribution in [0.15, 0.2) is 15.3 Å². The second kappa shape index (κ2) is 3.01. The summed E-state index contributed by atoms with van der Waals surface area (Å²) in [4.78, 5) is 10.8. The van der Waals surface area contributed by atoms with E-state index >= 15 is 0 Å². The predicted octanol–water partition coefficient (Wildman–Crippen LogP) is 1.78. The molecule has 0 aliphatic carbocycles. The summed E-state index contributed by atoms with van der Waals surface area (Å²) >= 11 is 0. The molecular weight excluding hydrogens is 156 g/mol. The first kappa shape index (κ1) is 8.84. The molecular formula is C9H12O3. The van der Waals surface area contributed by atoms with Gasteiger partial charge in [-0.3, -0.25) is 0 Å². The van der Waals surface area contributed by atoms with Gasteiger partial charge in [0.1, 0.15) is 11.5 Å². The van der Waals surface area contributed by atoms with Gasteiger partial charge in [-0.1, -0.05) is 13.8 Å². The predicted molar refractivity (Wildman–Crippen MR) is 45.5 cm³/mol. The van der Waals surface area contributed by atoms with Crippen LogP contribution in [0.2, 0.25) is 0 Å². The minimum atomic E-state index is -0.505. The number of aromatic hydroxyl groups is 1. The lowest BCUT2D eigenvalue weighted by molar-refractivity contribution is 0.418. The van der Waals surface area contributed by atoms with E-state index in [2.05, 4.69) is 0 Å². The van der Waals surface area contributed by atoms with E-state index in [0.29, 0.717) is 11.3 Å². The minimum Gasteiger partial charge on any atom is -0.507 e. The van der Waals surface area contributed by atoms with E-state index in [1.165, 1.54) is 0 Å². The molecule has 0 fully saturated rings. The lowest BCUT2D eigenvalue weighted by Gasteiger charge is -2.08. The average Bonchev–Trinajstić information content (AvgIpc) is 1.82.